The lowest BCUT2D eigenvalue weighted by Gasteiger charge is -2.16. The minimum absolute atomic E-state index is 0.130. The lowest BCUT2D eigenvalue weighted by atomic mass is 10.1. The average Bonchev–Trinajstić information content (AvgIpc) is 2.92. The molecule has 1 aliphatic carbocycles. The van der Waals surface area contributed by atoms with Crippen molar-refractivity contribution in [3.05, 3.63) is 68.6 Å². The number of nitrogens with zero attached hydrogens (tertiary/aromatic N) is 2. The number of fused-ring (bicyclic) bond motifs is 1. The van der Waals surface area contributed by atoms with E-state index in [9.17, 15) is 9.18 Å². The Bertz CT molecular complexity index is 858. The zero-order valence-electron chi connectivity index (χ0n) is 14.0. The molecule has 4 nitrogen and oxygen atoms in total. The first-order valence-electron chi connectivity index (χ1n) is 8.20. The summed E-state index contributed by atoms with van der Waals surface area (Å²) in [4.78, 5) is 18.4. The molecule has 0 fully saturated rings. The Kier molecular flexibility index (Phi) is 5.79. The fraction of sp³-hybridized carbons (Fsp3) is 0.263. The number of halogens is 3. The van der Waals surface area contributed by atoms with Gasteiger partial charge in [-0.3, -0.25) is 9.79 Å². The molecule has 0 saturated carbocycles. The SMILES string of the molecule is NC=C(C=NCC1=CC(Cl)=C(Cl)CC1)CN1Cc2cc(F)ccc2C1=O. The second-order valence-electron chi connectivity index (χ2n) is 6.23. The van der Waals surface area contributed by atoms with Gasteiger partial charge in [-0.15, -0.1) is 0 Å². The van der Waals surface area contributed by atoms with E-state index in [0.717, 1.165) is 18.4 Å². The molecule has 2 N–H and O–H groups in total. The molecule has 136 valence electrons. The lowest BCUT2D eigenvalue weighted by Crippen LogP contribution is -2.27. The highest BCUT2D eigenvalue weighted by Gasteiger charge is 2.27. The number of benzene rings is 1. The van der Waals surface area contributed by atoms with E-state index >= 15 is 0 Å². The number of carbonyl (C=O) groups excluding carboxylic acids is 1. The summed E-state index contributed by atoms with van der Waals surface area (Å²) in [6.45, 7) is 1.18. The van der Waals surface area contributed by atoms with E-state index in [2.05, 4.69) is 4.99 Å². The lowest BCUT2D eigenvalue weighted by molar-refractivity contribution is 0.0794. The number of amides is 1. The van der Waals surface area contributed by atoms with Gasteiger partial charge in [-0.25, -0.2) is 4.39 Å². The monoisotopic (exact) mass is 393 g/mol. The van der Waals surface area contributed by atoms with Crippen LogP contribution < -0.4 is 5.73 Å². The fourth-order valence-electron chi connectivity index (χ4n) is 2.96. The van der Waals surface area contributed by atoms with Gasteiger partial charge in [0.15, 0.2) is 0 Å². The zero-order chi connectivity index (χ0) is 18.7. The molecule has 2 aliphatic rings. The van der Waals surface area contributed by atoms with E-state index in [4.69, 9.17) is 28.9 Å². The Labute approximate surface area is 161 Å². The first kappa shape index (κ1) is 18.7. The van der Waals surface area contributed by atoms with Crippen LogP contribution in [0.5, 0.6) is 0 Å². The molecular weight excluding hydrogens is 376 g/mol. The van der Waals surface area contributed by atoms with Gasteiger partial charge in [0, 0.05) is 41.7 Å². The molecule has 1 aromatic carbocycles. The third-order valence-electron chi connectivity index (χ3n) is 4.34. The van der Waals surface area contributed by atoms with Crippen LogP contribution in [0.4, 0.5) is 4.39 Å². The van der Waals surface area contributed by atoms with Crippen molar-refractivity contribution >= 4 is 35.3 Å². The Morgan fingerprint density at radius 1 is 1.35 bits per heavy atom. The van der Waals surface area contributed by atoms with Crippen LogP contribution in [0.1, 0.15) is 28.8 Å². The van der Waals surface area contributed by atoms with Gasteiger partial charge < -0.3 is 10.6 Å². The third kappa shape index (κ3) is 4.17. The maximum Gasteiger partial charge on any atom is 0.254 e. The van der Waals surface area contributed by atoms with E-state index in [1.807, 2.05) is 6.08 Å². The van der Waals surface area contributed by atoms with Gasteiger partial charge in [-0.05, 0) is 48.3 Å². The van der Waals surface area contributed by atoms with Gasteiger partial charge in [0.2, 0.25) is 0 Å². The topological polar surface area (TPSA) is 58.7 Å². The number of hydrogen-bond acceptors (Lipinski definition) is 3. The van der Waals surface area contributed by atoms with Crippen molar-refractivity contribution in [2.24, 2.45) is 10.7 Å². The highest BCUT2D eigenvalue weighted by atomic mass is 35.5. The van der Waals surface area contributed by atoms with Crippen LogP contribution in [0, 0.1) is 5.82 Å². The fourth-order valence-corrected chi connectivity index (χ4v) is 3.36. The molecule has 1 amide bonds. The molecule has 0 bridgehead atoms. The van der Waals surface area contributed by atoms with Gasteiger partial charge >= 0.3 is 0 Å². The molecule has 1 aromatic rings. The Morgan fingerprint density at radius 3 is 2.88 bits per heavy atom. The first-order valence-corrected chi connectivity index (χ1v) is 8.95. The first-order chi connectivity index (χ1) is 12.5. The Morgan fingerprint density at radius 2 is 2.15 bits per heavy atom. The quantitative estimate of drug-likeness (QED) is 0.765. The van der Waals surface area contributed by atoms with Crippen LogP contribution in [-0.4, -0.2) is 30.1 Å². The van der Waals surface area contributed by atoms with Crippen LogP contribution in [0.25, 0.3) is 0 Å². The summed E-state index contributed by atoms with van der Waals surface area (Å²) in [5.41, 5.74) is 8.70. The van der Waals surface area contributed by atoms with Crippen LogP contribution in [0.2, 0.25) is 0 Å². The second-order valence-corrected chi connectivity index (χ2v) is 7.09. The number of hydrogen-bond donors (Lipinski definition) is 1. The number of nitrogens with two attached hydrogens (primary N) is 1. The van der Waals surface area contributed by atoms with E-state index in [1.54, 1.807) is 11.1 Å². The minimum Gasteiger partial charge on any atom is -0.404 e. The van der Waals surface area contributed by atoms with Crippen molar-refractivity contribution in [3.63, 3.8) is 0 Å². The average molecular weight is 394 g/mol. The van der Waals surface area contributed by atoms with Crippen LogP contribution in [0.3, 0.4) is 0 Å². The van der Waals surface area contributed by atoms with Crippen molar-refractivity contribution in [1.82, 2.24) is 4.90 Å². The van der Waals surface area contributed by atoms with Gasteiger partial charge in [-0.2, -0.15) is 0 Å². The number of aliphatic imine (C=N–C) groups is 1. The summed E-state index contributed by atoms with van der Waals surface area (Å²) < 4.78 is 13.3. The highest BCUT2D eigenvalue weighted by molar-refractivity contribution is 6.40. The molecule has 0 radical (unpaired) electrons. The van der Waals surface area contributed by atoms with Crippen molar-refractivity contribution in [1.29, 1.82) is 0 Å². The van der Waals surface area contributed by atoms with E-state index in [-0.39, 0.29) is 11.7 Å². The van der Waals surface area contributed by atoms with Crippen LogP contribution in [0.15, 0.2) is 56.7 Å². The molecule has 0 aromatic heterocycles. The second kappa shape index (κ2) is 8.06. The molecule has 1 aliphatic heterocycles. The van der Waals surface area contributed by atoms with Crippen LogP contribution >= 0.6 is 23.2 Å². The minimum atomic E-state index is -0.344. The van der Waals surface area contributed by atoms with Crippen molar-refractivity contribution < 1.29 is 9.18 Å². The third-order valence-corrected chi connectivity index (χ3v) is 5.17. The zero-order valence-corrected chi connectivity index (χ0v) is 15.5. The maximum absolute atomic E-state index is 13.3. The number of rotatable bonds is 5. The molecule has 7 heteroatoms. The Hall–Kier alpha value is -2.11. The van der Waals surface area contributed by atoms with Gasteiger partial charge in [-0.1, -0.05) is 23.2 Å². The molecule has 1 heterocycles. The number of carbonyl (C=O) groups is 1. The van der Waals surface area contributed by atoms with E-state index < -0.39 is 0 Å². The largest absolute Gasteiger partial charge is 0.404 e. The van der Waals surface area contributed by atoms with Gasteiger partial charge in [0.05, 0.1) is 11.6 Å². The van der Waals surface area contributed by atoms with Crippen LogP contribution in [-0.2, 0) is 6.54 Å². The molecule has 26 heavy (non-hydrogen) atoms. The van der Waals surface area contributed by atoms with Gasteiger partial charge in [0.25, 0.3) is 5.91 Å². The van der Waals surface area contributed by atoms with Crippen molar-refractivity contribution in [2.45, 2.75) is 19.4 Å². The highest BCUT2D eigenvalue weighted by Crippen LogP contribution is 2.29. The summed E-state index contributed by atoms with van der Waals surface area (Å²) in [5.74, 6) is -0.475. The standard InChI is InChI=1S/C19H18Cl2FN3O/c20-17-4-1-12(5-18(17)21)8-24-9-13(7-23)10-25-11-14-6-15(22)2-3-16(14)19(25)26/h2-3,5-7,9H,1,4,8,10-11,23H2. The predicted molar refractivity (Wildman–Crippen MR) is 103 cm³/mol. The maximum atomic E-state index is 13.3. The Balaban J connectivity index is 1.61. The van der Waals surface area contributed by atoms with Gasteiger partial charge in [0.1, 0.15) is 5.82 Å². The summed E-state index contributed by atoms with van der Waals surface area (Å²) in [6.07, 6.45) is 6.47. The molecular formula is C19H18Cl2FN3O. The molecule has 0 atom stereocenters. The van der Waals surface area contributed by atoms with Crippen molar-refractivity contribution in [3.8, 4) is 0 Å². The molecule has 3 rings (SSSR count). The smallest absolute Gasteiger partial charge is 0.254 e. The summed E-state index contributed by atoms with van der Waals surface area (Å²) >= 11 is 12.0. The summed E-state index contributed by atoms with van der Waals surface area (Å²) in [6, 6.07) is 4.21. The summed E-state index contributed by atoms with van der Waals surface area (Å²) in [7, 11) is 0. The molecule has 0 spiro atoms. The predicted octanol–water partition coefficient (Wildman–Crippen LogP) is 4.10. The number of allylic oxidation sites excluding steroid dienone is 3. The molecule has 0 saturated heterocycles. The van der Waals surface area contributed by atoms with Crippen molar-refractivity contribution in [2.75, 3.05) is 13.1 Å². The van der Waals surface area contributed by atoms with E-state index in [0.29, 0.717) is 46.4 Å². The van der Waals surface area contributed by atoms with E-state index in [1.165, 1.54) is 24.4 Å². The summed E-state index contributed by atoms with van der Waals surface area (Å²) in [5, 5.41) is 1.23. The molecule has 0 unspecified atom stereocenters. The normalized spacial score (nSPS) is 18.0.